The lowest BCUT2D eigenvalue weighted by Crippen LogP contribution is -2.45. The van der Waals surface area contributed by atoms with Crippen molar-refractivity contribution in [2.45, 2.75) is 12.8 Å². The molecule has 0 aliphatic carbocycles. The number of likely N-dealkylation sites (tertiary alicyclic amines) is 1. The SMILES string of the molecule is O=C(Nc1nc2ccccc2s1)C1CCCN(C(=O)Nc2cccs2)C1. The quantitative estimate of drug-likeness (QED) is 0.707. The van der Waals surface area contributed by atoms with Crippen LogP contribution in [0, 0.1) is 5.92 Å². The number of carbonyl (C=O) groups is 2. The molecule has 1 aliphatic heterocycles. The van der Waals surface area contributed by atoms with E-state index in [4.69, 9.17) is 0 Å². The molecule has 1 fully saturated rings. The Morgan fingerprint density at radius 3 is 2.85 bits per heavy atom. The second-order valence-corrected chi connectivity index (χ2v) is 8.15. The summed E-state index contributed by atoms with van der Waals surface area (Å²) in [5.41, 5.74) is 0.883. The molecule has 1 atom stereocenters. The fourth-order valence-electron chi connectivity index (χ4n) is 3.04. The van der Waals surface area contributed by atoms with Gasteiger partial charge in [-0.2, -0.15) is 0 Å². The van der Waals surface area contributed by atoms with E-state index in [0.717, 1.165) is 28.1 Å². The Bertz CT molecular complexity index is 889. The maximum absolute atomic E-state index is 12.6. The first-order valence-corrected chi connectivity index (χ1v) is 10.1. The number of carbonyl (C=O) groups excluding carboxylic acids is 2. The maximum atomic E-state index is 12.6. The Hall–Kier alpha value is -2.45. The Kier molecular flexibility index (Phi) is 4.85. The minimum absolute atomic E-state index is 0.0716. The van der Waals surface area contributed by atoms with Gasteiger partial charge in [0.15, 0.2) is 5.13 Å². The standard InChI is InChI=1S/C18H18N4O2S2/c23-16(21-17-19-13-6-1-2-7-14(13)26-17)12-5-3-9-22(11-12)18(24)20-15-8-4-10-25-15/h1-2,4,6-8,10,12H,3,5,9,11H2,(H,20,24)(H,19,21,23). The summed E-state index contributed by atoms with van der Waals surface area (Å²) in [7, 11) is 0. The van der Waals surface area contributed by atoms with Crippen LogP contribution in [0.3, 0.4) is 0 Å². The number of benzene rings is 1. The smallest absolute Gasteiger partial charge is 0.322 e. The molecule has 134 valence electrons. The molecule has 2 aromatic heterocycles. The van der Waals surface area contributed by atoms with Crippen LogP contribution in [0.2, 0.25) is 0 Å². The number of thiazole rings is 1. The van der Waals surface area contributed by atoms with Crippen LogP contribution in [0.15, 0.2) is 41.8 Å². The summed E-state index contributed by atoms with van der Waals surface area (Å²) >= 11 is 2.95. The predicted molar refractivity (Wildman–Crippen MR) is 106 cm³/mol. The van der Waals surface area contributed by atoms with Crippen molar-refractivity contribution in [3.63, 3.8) is 0 Å². The zero-order chi connectivity index (χ0) is 17.9. The van der Waals surface area contributed by atoms with E-state index in [1.54, 1.807) is 4.90 Å². The van der Waals surface area contributed by atoms with Crippen molar-refractivity contribution < 1.29 is 9.59 Å². The van der Waals surface area contributed by atoms with Crippen molar-refractivity contribution in [2.75, 3.05) is 23.7 Å². The van der Waals surface area contributed by atoms with Gasteiger partial charge in [0.05, 0.1) is 21.1 Å². The van der Waals surface area contributed by atoms with Crippen molar-refractivity contribution in [3.05, 3.63) is 41.8 Å². The molecule has 1 aromatic carbocycles. The van der Waals surface area contributed by atoms with Gasteiger partial charge >= 0.3 is 6.03 Å². The van der Waals surface area contributed by atoms with E-state index in [9.17, 15) is 9.59 Å². The van der Waals surface area contributed by atoms with E-state index in [1.807, 2.05) is 41.8 Å². The van der Waals surface area contributed by atoms with Gasteiger partial charge in [-0.05, 0) is 42.5 Å². The molecule has 0 saturated carbocycles. The summed E-state index contributed by atoms with van der Waals surface area (Å²) in [6, 6.07) is 11.4. The van der Waals surface area contributed by atoms with E-state index < -0.39 is 0 Å². The van der Waals surface area contributed by atoms with Gasteiger partial charge in [-0.1, -0.05) is 23.5 Å². The summed E-state index contributed by atoms with van der Waals surface area (Å²) in [4.78, 5) is 31.2. The van der Waals surface area contributed by atoms with Gasteiger partial charge in [-0.15, -0.1) is 11.3 Å². The van der Waals surface area contributed by atoms with E-state index in [2.05, 4.69) is 15.6 Å². The van der Waals surface area contributed by atoms with Gasteiger partial charge < -0.3 is 10.2 Å². The second kappa shape index (κ2) is 7.43. The molecule has 6 nitrogen and oxygen atoms in total. The number of amides is 3. The Labute approximate surface area is 158 Å². The van der Waals surface area contributed by atoms with E-state index in [0.29, 0.717) is 18.2 Å². The summed E-state index contributed by atoms with van der Waals surface area (Å²) in [5.74, 6) is -0.289. The third-order valence-electron chi connectivity index (χ3n) is 4.35. The Morgan fingerprint density at radius 1 is 1.15 bits per heavy atom. The van der Waals surface area contributed by atoms with Crippen LogP contribution in [0.5, 0.6) is 0 Å². The van der Waals surface area contributed by atoms with E-state index in [-0.39, 0.29) is 17.9 Å². The number of rotatable bonds is 3. The van der Waals surface area contributed by atoms with Crippen molar-refractivity contribution in [3.8, 4) is 0 Å². The number of nitrogens with zero attached hydrogens (tertiary/aromatic N) is 2. The molecule has 3 amide bonds. The zero-order valence-corrected chi connectivity index (χ0v) is 15.6. The first kappa shape index (κ1) is 17.0. The van der Waals surface area contributed by atoms with Gasteiger partial charge in [0.1, 0.15) is 0 Å². The van der Waals surface area contributed by atoms with E-state index >= 15 is 0 Å². The average Bonchev–Trinajstić information content (AvgIpc) is 3.30. The molecule has 0 spiro atoms. The third-order valence-corrected chi connectivity index (χ3v) is 6.09. The lowest BCUT2D eigenvalue weighted by Gasteiger charge is -2.31. The largest absolute Gasteiger partial charge is 0.324 e. The third kappa shape index (κ3) is 3.71. The first-order valence-electron chi connectivity index (χ1n) is 8.45. The lowest BCUT2D eigenvalue weighted by molar-refractivity contribution is -0.121. The highest BCUT2D eigenvalue weighted by atomic mass is 32.1. The molecule has 26 heavy (non-hydrogen) atoms. The maximum Gasteiger partial charge on any atom is 0.322 e. The van der Waals surface area contributed by atoms with Crippen LogP contribution in [0.25, 0.3) is 10.2 Å². The normalized spacial score (nSPS) is 17.2. The molecule has 1 unspecified atom stereocenters. The molecule has 4 rings (SSSR count). The average molecular weight is 387 g/mol. The highest BCUT2D eigenvalue weighted by Crippen LogP contribution is 2.27. The molecule has 2 N–H and O–H groups in total. The van der Waals surface area contributed by atoms with Crippen molar-refractivity contribution in [1.29, 1.82) is 0 Å². The van der Waals surface area contributed by atoms with Gasteiger partial charge in [-0.25, -0.2) is 9.78 Å². The summed E-state index contributed by atoms with van der Waals surface area (Å²) in [6.07, 6.45) is 1.59. The summed E-state index contributed by atoms with van der Waals surface area (Å²) in [5, 5.41) is 9.14. The monoisotopic (exact) mass is 386 g/mol. The molecular weight excluding hydrogens is 368 g/mol. The highest BCUT2D eigenvalue weighted by molar-refractivity contribution is 7.22. The fourth-order valence-corrected chi connectivity index (χ4v) is 4.52. The number of aromatic nitrogens is 1. The van der Waals surface area contributed by atoms with Crippen LogP contribution < -0.4 is 10.6 Å². The van der Waals surface area contributed by atoms with Crippen LogP contribution in [0.1, 0.15) is 12.8 Å². The van der Waals surface area contributed by atoms with Crippen LogP contribution >= 0.6 is 22.7 Å². The first-order chi connectivity index (χ1) is 12.7. The van der Waals surface area contributed by atoms with Gasteiger partial charge in [0, 0.05) is 13.1 Å². The molecule has 1 saturated heterocycles. The zero-order valence-electron chi connectivity index (χ0n) is 14.0. The number of anilines is 2. The molecule has 0 bridgehead atoms. The molecule has 8 heteroatoms. The predicted octanol–water partition coefficient (Wildman–Crippen LogP) is 4.24. The van der Waals surface area contributed by atoms with Gasteiger partial charge in [0.2, 0.25) is 5.91 Å². The number of nitrogens with one attached hydrogen (secondary N) is 2. The molecule has 3 aromatic rings. The summed E-state index contributed by atoms with van der Waals surface area (Å²) < 4.78 is 1.04. The molecular formula is C18H18N4O2S2. The lowest BCUT2D eigenvalue weighted by atomic mass is 9.97. The second-order valence-electron chi connectivity index (χ2n) is 6.17. The number of hydrogen-bond donors (Lipinski definition) is 2. The van der Waals surface area contributed by atoms with Crippen molar-refractivity contribution in [1.82, 2.24) is 9.88 Å². The fraction of sp³-hybridized carbons (Fsp3) is 0.278. The number of thiophene rings is 1. The molecule has 3 heterocycles. The Morgan fingerprint density at radius 2 is 2.04 bits per heavy atom. The van der Waals surface area contributed by atoms with Crippen LogP contribution in [0.4, 0.5) is 14.9 Å². The minimum atomic E-state index is -0.218. The highest BCUT2D eigenvalue weighted by Gasteiger charge is 2.29. The van der Waals surface area contributed by atoms with Crippen LogP contribution in [-0.2, 0) is 4.79 Å². The number of fused-ring (bicyclic) bond motifs is 1. The summed E-state index contributed by atoms with van der Waals surface area (Å²) in [6.45, 7) is 1.09. The van der Waals surface area contributed by atoms with Crippen LogP contribution in [-0.4, -0.2) is 34.9 Å². The number of para-hydroxylation sites is 1. The van der Waals surface area contributed by atoms with Gasteiger partial charge in [-0.3, -0.25) is 10.1 Å². The number of urea groups is 1. The van der Waals surface area contributed by atoms with Gasteiger partial charge in [0.25, 0.3) is 0 Å². The number of hydrogen-bond acceptors (Lipinski definition) is 5. The minimum Gasteiger partial charge on any atom is -0.324 e. The van der Waals surface area contributed by atoms with Crippen molar-refractivity contribution in [2.24, 2.45) is 5.92 Å². The number of piperidine rings is 1. The Balaban J connectivity index is 1.38. The molecule has 0 radical (unpaired) electrons. The van der Waals surface area contributed by atoms with E-state index in [1.165, 1.54) is 22.7 Å². The molecule has 1 aliphatic rings. The van der Waals surface area contributed by atoms with Crippen molar-refractivity contribution >= 4 is 55.0 Å². The topological polar surface area (TPSA) is 74.3 Å².